The standard InChI is InChI=1S/C16H19FN6O/c17-14-3-1-13(2-4-14)5-6-18-15-11-19-21-16(20-15)23-9-7-22(12-24)8-10-23/h1-4,11-12H,5-10H2,(H,18,20,21). The molecule has 1 N–H and O–H groups in total. The molecule has 8 heteroatoms. The molecule has 1 amide bonds. The van der Waals surface area contributed by atoms with Gasteiger partial charge in [-0.2, -0.15) is 10.1 Å². The van der Waals surface area contributed by atoms with Crippen molar-refractivity contribution < 1.29 is 9.18 Å². The van der Waals surface area contributed by atoms with Gasteiger partial charge in [0.1, 0.15) is 5.82 Å². The Bertz CT molecular complexity index is 673. The number of hydrogen-bond acceptors (Lipinski definition) is 6. The summed E-state index contributed by atoms with van der Waals surface area (Å²) in [6.45, 7) is 3.38. The summed E-state index contributed by atoms with van der Waals surface area (Å²) < 4.78 is 12.9. The second kappa shape index (κ2) is 7.67. The summed E-state index contributed by atoms with van der Waals surface area (Å²) in [6, 6.07) is 6.46. The van der Waals surface area contributed by atoms with Gasteiger partial charge in [-0.3, -0.25) is 4.79 Å². The zero-order chi connectivity index (χ0) is 16.8. The first-order valence-corrected chi connectivity index (χ1v) is 7.87. The van der Waals surface area contributed by atoms with Crippen LogP contribution in [0.15, 0.2) is 30.5 Å². The van der Waals surface area contributed by atoms with Crippen LogP contribution in [-0.4, -0.2) is 59.2 Å². The van der Waals surface area contributed by atoms with E-state index in [9.17, 15) is 9.18 Å². The number of nitrogens with zero attached hydrogens (tertiary/aromatic N) is 5. The largest absolute Gasteiger partial charge is 0.368 e. The Morgan fingerprint density at radius 3 is 2.62 bits per heavy atom. The minimum Gasteiger partial charge on any atom is -0.368 e. The van der Waals surface area contributed by atoms with Crippen molar-refractivity contribution in [1.82, 2.24) is 20.1 Å². The molecule has 24 heavy (non-hydrogen) atoms. The maximum atomic E-state index is 12.9. The Morgan fingerprint density at radius 1 is 1.17 bits per heavy atom. The highest BCUT2D eigenvalue weighted by Gasteiger charge is 2.18. The molecular formula is C16H19FN6O. The molecule has 0 spiro atoms. The van der Waals surface area contributed by atoms with Crippen LogP contribution >= 0.6 is 0 Å². The van der Waals surface area contributed by atoms with Crippen LogP contribution in [0.3, 0.4) is 0 Å². The molecule has 1 saturated heterocycles. The van der Waals surface area contributed by atoms with E-state index in [0.717, 1.165) is 18.4 Å². The van der Waals surface area contributed by atoms with Crippen LogP contribution in [-0.2, 0) is 11.2 Å². The van der Waals surface area contributed by atoms with Crippen molar-refractivity contribution >= 4 is 18.2 Å². The molecule has 0 aliphatic carbocycles. The quantitative estimate of drug-likeness (QED) is 0.795. The van der Waals surface area contributed by atoms with Gasteiger partial charge in [0, 0.05) is 32.7 Å². The fourth-order valence-electron chi connectivity index (χ4n) is 2.53. The number of anilines is 2. The Morgan fingerprint density at radius 2 is 1.92 bits per heavy atom. The summed E-state index contributed by atoms with van der Waals surface area (Å²) in [4.78, 5) is 19.0. The summed E-state index contributed by atoms with van der Waals surface area (Å²) in [6.07, 6.45) is 3.21. The van der Waals surface area contributed by atoms with Gasteiger partial charge in [-0.05, 0) is 24.1 Å². The number of amides is 1. The number of carbonyl (C=O) groups is 1. The zero-order valence-corrected chi connectivity index (χ0v) is 13.2. The van der Waals surface area contributed by atoms with Gasteiger partial charge in [0.15, 0.2) is 5.82 Å². The van der Waals surface area contributed by atoms with Gasteiger partial charge in [0.2, 0.25) is 12.4 Å². The molecule has 126 valence electrons. The lowest BCUT2D eigenvalue weighted by Crippen LogP contribution is -2.46. The zero-order valence-electron chi connectivity index (χ0n) is 13.2. The number of aromatic nitrogens is 3. The summed E-state index contributed by atoms with van der Waals surface area (Å²) >= 11 is 0. The molecule has 3 rings (SSSR count). The number of carbonyl (C=O) groups excluding carboxylic acids is 1. The highest BCUT2D eigenvalue weighted by Crippen LogP contribution is 2.12. The molecule has 0 bridgehead atoms. The first kappa shape index (κ1) is 16.1. The predicted octanol–water partition coefficient (Wildman–Crippen LogP) is 0.944. The predicted molar refractivity (Wildman–Crippen MR) is 88.3 cm³/mol. The lowest BCUT2D eigenvalue weighted by Gasteiger charge is -2.32. The van der Waals surface area contributed by atoms with Crippen LogP contribution in [0.4, 0.5) is 16.2 Å². The van der Waals surface area contributed by atoms with Crippen LogP contribution in [0.25, 0.3) is 0 Å². The van der Waals surface area contributed by atoms with Gasteiger partial charge >= 0.3 is 0 Å². The molecular weight excluding hydrogens is 311 g/mol. The molecule has 7 nitrogen and oxygen atoms in total. The van der Waals surface area contributed by atoms with Crippen LogP contribution in [0.1, 0.15) is 5.56 Å². The summed E-state index contributed by atoms with van der Waals surface area (Å²) in [5, 5.41) is 11.3. The van der Waals surface area contributed by atoms with E-state index in [2.05, 4.69) is 20.5 Å². The third-order valence-electron chi connectivity index (χ3n) is 3.93. The first-order chi connectivity index (χ1) is 11.7. The number of piperazine rings is 1. The van der Waals surface area contributed by atoms with Crippen molar-refractivity contribution in [3.05, 3.63) is 41.8 Å². The monoisotopic (exact) mass is 330 g/mol. The Kier molecular flexibility index (Phi) is 5.15. The minimum atomic E-state index is -0.231. The molecule has 0 unspecified atom stereocenters. The second-order valence-corrected chi connectivity index (χ2v) is 5.57. The van der Waals surface area contributed by atoms with Gasteiger partial charge in [0.25, 0.3) is 0 Å². The lowest BCUT2D eigenvalue weighted by molar-refractivity contribution is -0.118. The molecule has 0 atom stereocenters. The number of nitrogens with one attached hydrogen (secondary N) is 1. The normalized spacial score (nSPS) is 14.5. The van der Waals surface area contributed by atoms with Crippen LogP contribution in [0, 0.1) is 5.82 Å². The second-order valence-electron chi connectivity index (χ2n) is 5.57. The van der Waals surface area contributed by atoms with E-state index in [1.807, 2.05) is 4.90 Å². The van der Waals surface area contributed by atoms with Crippen LogP contribution in [0.5, 0.6) is 0 Å². The number of hydrogen-bond donors (Lipinski definition) is 1. The van der Waals surface area contributed by atoms with E-state index >= 15 is 0 Å². The van der Waals surface area contributed by atoms with Crippen molar-refractivity contribution in [2.45, 2.75) is 6.42 Å². The maximum absolute atomic E-state index is 12.9. The van der Waals surface area contributed by atoms with E-state index in [1.165, 1.54) is 12.1 Å². The fraction of sp³-hybridized carbons (Fsp3) is 0.375. The van der Waals surface area contributed by atoms with Gasteiger partial charge in [0.05, 0.1) is 6.20 Å². The van der Waals surface area contributed by atoms with Gasteiger partial charge in [-0.25, -0.2) is 4.39 Å². The van der Waals surface area contributed by atoms with Gasteiger partial charge < -0.3 is 15.1 Å². The SMILES string of the molecule is O=CN1CCN(c2nncc(NCCc3ccc(F)cc3)n2)CC1. The van der Waals surface area contributed by atoms with E-state index in [-0.39, 0.29) is 5.82 Å². The summed E-state index contributed by atoms with van der Waals surface area (Å²) in [5.41, 5.74) is 1.05. The molecule has 1 aliphatic rings. The van der Waals surface area contributed by atoms with Crippen molar-refractivity contribution in [1.29, 1.82) is 0 Å². The van der Waals surface area contributed by atoms with E-state index in [0.29, 0.717) is 44.5 Å². The molecule has 0 saturated carbocycles. The first-order valence-electron chi connectivity index (χ1n) is 7.87. The molecule has 2 heterocycles. The molecule has 1 aromatic heterocycles. The smallest absolute Gasteiger partial charge is 0.247 e. The third kappa shape index (κ3) is 4.15. The summed E-state index contributed by atoms with van der Waals surface area (Å²) in [5.74, 6) is 0.985. The molecule has 1 aliphatic heterocycles. The Hall–Kier alpha value is -2.77. The minimum absolute atomic E-state index is 0.231. The fourth-order valence-corrected chi connectivity index (χ4v) is 2.53. The molecule has 0 radical (unpaired) electrons. The van der Waals surface area contributed by atoms with E-state index in [4.69, 9.17) is 0 Å². The highest BCUT2D eigenvalue weighted by atomic mass is 19.1. The van der Waals surface area contributed by atoms with E-state index < -0.39 is 0 Å². The average molecular weight is 330 g/mol. The topological polar surface area (TPSA) is 74.2 Å². The van der Waals surface area contributed by atoms with Crippen molar-refractivity contribution in [2.24, 2.45) is 0 Å². The summed E-state index contributed by atoms with van der Waals surface area (Å²) in [7, 11) is 0. The number of rotatable bonds is 6. The van der Waals surface area contributed by atoms with Crippen LogP contribution < -0.4 is 10.2 Å². The number of benzene rings is 1. The van der Waals surface area contributed by atoms with Crippen LogP contribution in [0.2, 0.25) is 0 Å². The van der Waals surface area contributed by atoms with Gasteiger partial charge in [-0.15, -0.1) is 5.10 Å². The van der Waals surface area contributed by atoms with Gasteiger partial charge in [-0.1, -0.05) is 12.1 Å². The van der Waals surface area contributed by atoms with Crippen molar-refractivity contribution in [3.8, 4) is 0 Å². The van der Waals surface area contributed by atoms with E-state index in [1.54, 1.807) is 23.2 Å². The Labute approximate surface area is 139 Å². The highest BCUT2D eigenvalue weighted by molar-refractivity contribution is 5.48. The average Bonchev–Trinajstić information content (AvgIpc) is 2.64. The van der Waals surface area contributed by atoms with Crippen molar-refractivity contribution in [2.75, 3.05) is 42.9 Å². The van der Waals surface area contributed by atoms with Crippen molar-refractivity contribution in [3.63, 3.8) is 0 Å². The molecule has 1 fully saturated rings. The lowest BCUT2D eigenvalue weighted by atomic mass is 10.1. The maximum Gasteiger partial charge on any atom is 0.247 e. The molecule has 2 aromatic rings. The number of halogens is 1. The third-order valence-corrected chi connectivity index (χ3v) is 3.93. The Balaban J connectivity index is 1.53. The molecule has 1 aromatic carbocycles.